The molecule has 0 saturated heterocycles. The largest absolute Gasteiger partial charge is 0.493 e. The third kappa shape index (κ3) is 3.91. The lowest BCUT2D eigenvalue weighted by atomic mass is 10.2. The maximum Gasteiger partial charge on any atom is 0.191 e. The zero-order valence-corrected chi connectivity index (χ0v) is 15.8. The van der Waals surface area contributed by atoms with Gasteiger partial charge in [0.15, 0.2) is 22.5 Å². The van der Waals surface area contributed by atoms with Crippen LogP contribution in [0.1, 0.15) is 5.56 Å². The van der Waals surface area contributed by atoms with Gasteiger partial charge >= 0.3 is 0 Å². The van der Waals surface area contributed by atoms with Gasteiger partial charge in [0.1, 0.15) is 0 Å². The molecule has 0 aliphatic rings. The maximum atomic E-state index is 6.03. The zero-order chi connectivity index (χ0) is 17.8. The molecule has 1 heterocycles. The van der Waals surface area contributed by atoms with E-state index in [1.165, 1.54) is 0 Å². The van der Waals surface area contributed by atoms with Gasteiger partial charge in [0, 0.05) is 23.4 Å². The summed E-state index contributed by atoms with van der Waals surface area (Å²) in [6.45, 7) is 0. The van der Waals surface area contributed by atoms with Crippen LogP contribution < -0.4 is 9.47 Å². The Morgan fingerprint density at radius 2 is 1.84 bits per heavy atom. The van der Waals surface area contributed by atoms with E-state index in [2.05, 4.69) is 10.2 Å². The van der Waals surface area contributed by atoms with Gasteiger partial charge in [-0.2, -0.15) is 0 Å². The Labute approximate surface area is 155 Å². The van der Waals surface area contributed by atoms with E-state index in [9.17, 15) is 0 Å². The van der Waals surface area contributed by atoms with Crippen LogP contribution in [0.25, 0.3) is 11.4 Å². The number of aromatic nitrogens is 3. The summed E-state index contributed by atoms with van der Waals surface area (Å²) in [5, 5.41) is 10.2. The molecule has 2 aromatic carbocycles. The molecule has 0 fully saturated rings. The third-order valence-corrected chi connectivity index (χ3v) is 5.06. The van der Waals surface area contributed by atoms with Gasteiger partial charge in [-0.3, -0.25) is 0 Å². The van der Waals surface area contributed by atoms with Crippen molar-refractivity contribution in [3.63, 3.8) is 0 Å². The number of rotatable bonds is 6. The van der Waals surface area contributed by atoms with Gasteiger partial charge in [0.25, 0.3) is 0 Å². The molecule has 7 heteroatoms. The molecule has 3 aromatic rings. The van der Waals surface area contributed by atoms with Crippen molar-refractivity contribution in [2.75, 3.05) is 14.2 Å². The SMILES string of the molecule is COc1ccc(-c2nnc(SCc3cccc(Cl)c3)n2C)cc1OC. The first-order valence-electron chi connectivity index (χ1n) is 7.61. The summed E-state index contributed by atoms with van der Waals surface area (Å²) in [6, 6.07) is 13.5. The molecule has 5 nitrogen and oxygen atoms in total. The van der Waals surface area contributed by atoms with E-state index >= 15 is 0 Å². The van der Waals surface area contributed by atoms with E-state index in [1.807, 2.05) is 54.1 Å². The van der Waals surface area contributed by atoms with Crippen LogP contribution in [0.15, 0.2) is 47.6 Å². The van der Waals surface area contributed by atoms with Crippen LogP contribution in [0.3, 0.4) is 0 Å². The molecule has 0 aliphatic heterocycles. The predicted octanol–water partition coefficient (Wildman–Crippen LogP) is 4.45. The zero-order valence-electron chi connectivity index (χ0n) is 14.2. The Hall–Kier alpha value is -2.18. The minimum Gasteiger partial charge on any atom is -0.493 e. The summed E-state index contributed by atoms with van der Waals surface area (Å²) in [5.41, 5.74) is 2.07. The molecule has 0 unspecified atom stereocenters. The topological polar surface area (TPSA) is 49.2 Å². The Morgan fingerprint density at radius 1 is 1.04 bits per heavy atom. The average Bonchev–Trinajstić information content (AvgIpc) is 3.00. The molecule has 0 N–H and O–H groups in total. The van der Waals surface area contributed by atoms with Crippen molar-refractivity contribution in [3.8, 4) is 22.9 Å². The highest BCUT2D eigenvalue weighted by Gasteiger charge is 2.14. The van der Waals surface area contributed by atoms with Gasteiger partial charge in [-0.15, -0.1) is 10.2 Å². The Bertz CT molecular complexity index is 883. The van der Waals surface area contributed by atoms with Crippen molar-refractivity contribution in [2.24, 2.45) is 7.05 Å². The second kappa shape index (κ2) is 7.80. The van der Waals surface area contributed by atoms with E-state index in [-0.39, 0.29) is 0 Å². The van der Waals surface area contributed by atoms with Gasteiger partial charge in [0.05, 0.1) is 14.2 Å². The Kier molecular flexibility index (Phi) is 5.50. The summed E-state index contributed by atoms with van der Waals surface area (Å²) >= 11 is 7.65. The number of benzene rings is 2. The third-order valence-electron chi connectivity index (χ3n) is 3.73. The molecular formula is C18H18ClN3O2S. The van der Waals surface area contributed by atoms with Crippen LogP contribution in [-0.2, 0) is 12.8 Å². The maximum absolute atomic E-state index is 6.03. The van der Waals surface area contributed by atoms with E-state index in [4.69, 9.17) is 21.1 Å². The van der Waals surface area contributed by atoms with Crippen LogP contribution in [0, 0.1) is 0 Å². The monoisotopic (exact) mass is 375 g/mol. The molecule has 130 valence electrons. The fourth-order valence-electron chi connectivity index (χ4n) is 2.44. The highest BCUT2D eigenvalue weighted by Crippen LogP contribution is 2.32. The molecule has 0 radical (unpaired) electrons. The lowest BCUT2D eigenvalue weighted by molar-refractivity contribution is 0.355. The summed E-state index contributed by atoms with van der Waals surface area (Å²) < 4.78 is 12.6. The summed E-state index contributed by atoms with van der Waals surface area (Å²) in [7, 11) is 5.18. The van der Waals surface area contributed by atoms with Crippen LogP contribution in [0.2, 0.25) is 5.02 Å². The molecular weight excluding hydrogens is 358 g/mol. The Balaban J connectivity index is 1.81. The number of thioether (sulfide) groups is 1. The number of methoxy groups -OCH3 is 2. The number of hydrogen-bond acceptors (Lipinski definition) is 5. The van der Waals surface area contributed by atoms with E-state index < -0.39 is 0 Å². The molecule has 0 bridgehead atoms. The van der Waals surface area contributed by atoms with E-state index in [0.717, 1.165) is 32.9 Å². The molecule has 3 rings (SSSR count). The lowest BCUT2D eigenvalue weighted by Gasteiger charge is -2.09. The second-order valence-corrected chi connectivity index (χ2v) is 6.73. The number of hydrogen-bond donors (Lipinski definition) is 0. The predicted molar refractivity (Wildman–Crippen MR) is 101 cm³/mol. The summed E-state index contributed by atoms with van der Waals surface area (Å²) in [6.07, 6.45) is 0. The van der Waals surface area contributed by atoms with Crippen molar-refractivity contribution in [1.29, 1.82) is 0 Å². The van der Waals surface area contributed by atoms with Crippen LogP contribution in [0.4, 0.5) is 0 Å². The minimum absolute atomic E-state index is 0.663. The summed E-state index contributed by atoms with van der Waals surface area (Å²) in [4.78, 5) is 0. The fourth-order valence-corrected chi connectivity index (χ4v) is 3.51. The number of ether oxygens (including phenoxy) is 2. The van der Waals surface area contributed by atoms with Gasteiger partial charge < -0.3 is 14.0 Å². The average molecular weight is 376 g/mol. The molecule has 0 saturated carbocycles. The second-order valence-electron chi connectivity index (χ2n) is 5.35. The molecule has 0 aliphatic carbocycles. The Morgan fingerprint density at radius 3 is 2.56 bits per heavy atom. The molecule has 0 atom stereocenters. The van der Waals surface area contributed by atoms with Crippen molar-refractivity contribution in [3.05, 3.63) is 53.1 Å². The van der Waals surface area contributed by atoms with Crippen LogP contribution in [0.5, 0.6) is 11.5 Å². The highest BCUT2D eigenvalue weighted by molar-refractivity contribution is 7.98. The number of halogens is 1. The quantitative estimate of drug-likeness (QED) is 0.596. The van der Waals surface area contributed by atoms with E-state index in [1.54, 1.807) is 26.0 Å². The molecule has 0 amide bonds. The lowest BCUT2D eigenvalue weighted by Crippen LogP contribution is -1.96. The van der Waals surface area contributed by atoms with Crippen molar-refractivity contribution < 1.29 is 9.47 Å². The molecule has 25 heavy (non-hydrogen) atoms. The highest BCUT2D eigenvalue weighted by atomic mass is 35.5. The molecule has 0 spiro atoms. The van der Waals surface area contributed by atoms with Gasteiger partial charge in [-0.05, 0) is 35.9 Å². The summed E-state index contributed by atoms with van der Waals surface area (Å²) in [5.74, 6) is 2.90. The van der Waals surface area contributed by atoms with Crippen LogP contribution in [-0.4, -0.2) is 29.0 Å². The smallest absolute Gasteiger partial charge is 0.191 e. The van der Waals surface area contributed by atoms with E-state index in [0.29, 0.717) is 11.5 Å². The first-order valence-corrected chi connectivity index (χ1v) is 8.97. The van der Waals surface area contributed by atoms with Crippen LogP contribution >= 0.6 is 23.4 Å². The van der Waals surface area contributed by atoms with Gasteiger partial charge in [-0.1, -0.05) is 35.5 Å². The standard InChI is InChI=1S/C18H18ClN3O2S/c1-22-17(13-7-8-15(23-2)16(10-13)24-3)20-21-18(22)25-11-12-5-4-6-14(19)9-12/h4-10H,11H2,1-3H3. The van der Waals surface area contributed by atoms with Crippen molar-refractivity contribution >= 4 is 23.4 Å². The number of nitrogens with zero attached hydrogens (tertiary/aromatic N) is 3. The first-order chi connectivity index (χ1) is 12.1. The normalized spacial score (nSPS) is 10.7. The van der Waals surface area contributed by atoms with Gasteiger partial charge in [0.2, 0.25) is 0 Å². The van der Waals surface area contributed by atoms with Crippen molar-refractivity contribution in [2.45, 2.75) is 10.9 Å². The van der Waals surface area contributed by atoms with Crippen molar-refractivity contribution in [1.82, 2.24) is 14.8 Å². The molecule has 1 aromatic heterocycles. The minimum atomic E-state index is 0.663. The first kappa shape index (κ1) is 17.6. The van der Waals surface area contributed by atoms with Gasteiger partial charge in [-0.25, -0.2) is 0 Å². The fraction of sp³-hybridized carbons (Fsp3) is 0.222.